The quantitative estimate of drug-likeness (QED) is 0.888. The molecule has 0 radical (unpaired) electrons. The highest BCUT2D eigenvalue weighted by molar-refractivity contribution is 6.30. The molecule has 2 amide bonds. The van der Waals surface area contributed by atoms with Gasteiger partial charge in [0.1, 0.15) is 0 Å². The van der Waals surface area contributed by atoms with Crippen molar-refractivity contribution >= 4 is 23.3 Å². The van der Waals surface area contributed by atoms with Crippen LogP contribution < -0.4 is 10.6 Å². The van der Waals surface area contributed by atoms with E-state index in [-0.39, 0.29) is 6.03 Å². The van der Waals surface area contributed by atoms with Gasteiger partial charge in [-0.3, -0.25) is 0 Å². The molecule has 2 rings (SSSR count). The molecule has 2 aromatic rings. The summed E-state index contributed by atoms with van der Waals surface area (Å²) in [6, 6.07) is 15.8. The molecule has 2 N–H and O–H groups in total. The van der Waals surface area contributed by atoms with Crippen LogP contribution in [-0.4, -0.2) is 6.03 Å². The number of hydrogen-bond acceptors (Lipinski definition) is 2. The van der Waals surface area contributed by atoms with Gasteiger partial charge < -0.3 is 10.6 Å². The molecular weight excluding hydrogens is 298 g/mol. The molecule has 0 atom stereocenters. The molecule has 4 nitrogen and oxygen atoms in total. The largest absolute Gasteiger partial charge is 0.329 e. The van der Waals surface area contributed by atoms with Gasteiger partial charge in [-0.15, -0.1) is 0 Å². The van der Waals surface area contributed by atoms with E-state index in [0.29, 0.717) is 16.3 Å². The highest BCUT2D eigenvalue weighted by atomic mass is 35.5. The summed E-state index contributed by atoms with van der Waals surface area (Å²) in [5.74, 6) is 0. The predicted molar refractivity (Wildman–Crippen MR) is 87.8 cm³/mol. The molecule has 0 saturated heterocycles. The molecule has 5 heteroatoms. The monoisotopic (exact) mass is 313 g/mol. The number of rotatable bonds is 3. The van der Waals surface area contributed by atoms with E-state index >= 15 is 0 Å². The Kier molecular flexibility index (Phi) is 4.69. The number of anilines is 1. The van der Waals surface area contributed by atoms with Crippen LogP contribution in [0.25, 0.3) is 0 Å². The van der Waals surface area contributed by atoms with Gasteiger partial charge in [0.2, 0.25) is 0 Å². The van der Waals surface area contributed by atoms with Crippen molar-refractivity contribution < 1.29 is 4.79 Å². The molecule has 0 aliphatic rings. The maximum absolute atomic E-state index is 12.1. The van der Waals surface area contributed by atoms with Crippen molar-refractivity contribution in [3.8, 4) is 6.07 Å². The molecule has 0 bridgehead atoms. The summed E-state index contributed by atoms with van der Waals surface area (Å²) < 4.78 is 0. The summed E-state index contributed by atoms with van der Waals surface area (Å²) in [6.45, 7) is 3.81. The lowest BCUT2D eigenvalue weighted by molar-refractivity contribution is 0.242. The first-order chi connectivity index (χ1) is 10.4. The molecule has 0 saturated carbocycles. The zero-order valence-electron chi connectivity index (χ0n) is 12.4. The summed E-state index contributed by atoms with van der Waals surface area (Å²) in [7, 11) is 0. The van der Waals surface area contributed by atoms with E-state index in [1.165, 1.54) is 0 Å². The van der Waals surface area contributed by atoms with Gasteiger partial charge in [-0.1, -0.05) is 29.8 Å². The molecule has 112 valence electrons. The number of halogens is 1. The summed E-state index contributed by atoms with van der Waals surface area (Å²) in [4.78, 5) is 12.1. The van der Waals surface area contributed by atoms with Crippen LogP contribution in [0.1, 0.15) is 25.0 Å². The average Bonchev–Trinajstić information content (AvgIpc) is 2.47. The normalized spacial score (nSPS) is 10.6. The Bertz CT molecular complexity index is 717. The first kappa shape index (κ1) is 15.9. The number of urea groups is 1. The van der Waals surface area contributed by atoms with Crippen LogP contribution in [0.3, 0.4) is 0 Å². The molecule has 0 aliphatic heterocycles. The van der Waals surface area contributed by atoms with E-state index in [0.717, 1.165) is 5.56 Å². The number of carbonyl (C=O) groups is 1. The van der Waals surface area contributed by atoms with Crippen molar-refractivity contribution in [1.82, 2.24) is 5.32 Å². The van der Waals surface area contributed by atoms with Crippen molar-refractivity contribution in [2.45, 2.75) is 19.4 Å². The van der Waals surface area contributed by atoms with Gasteiger partial charge in [-0.2, -0.15) is 5.26 Å². The Hall–Kier alpha value is -2.51. The lowest BCUT2D eigenvalue weighted by atomic mass is 9.94. The van der Waals surface area contributed by atoms with Crippen molar-refractivity contribution in [3.63, 3.8) is 0 Å². The maximum Gasteiger partial charge on any atom is 0.319 e. The number of nitriles is 1. The third-order valence-electron chi connectivity index (χ3n) is 3.24. The standard InChI is InChI=1S/C17H16ClN3O/c1-17(2,13-6-8-14(18)9-7-13)21-16(22)20-15-5-3-4-12(10-15)11-19/h3-10H,1-2H3,(H2,20,21,22). The maximum atomic E-state index is 12.1. The molecule has 22 heavy (non-hydrogen) atoms. The Morgan fingerprint density at radius 1 is 1.18 bits per heavy atom. The van der Waals surface area contributed by atoms with Crippen LogP contribution in [0.4, 0.5) is 10.5 Å². The fraction of sp³-hybridized carbons (Fsp3) is 0.176. The van der Waals surface area contributed by atoms with Crippen molar-refractivity contribution in [2.24, 2.45) is 0 Å². The lowest BCUT2D eigenvalue weighted by Crippen LogP contribution is -2.43. The van der Waals surface area contributed by atoms with Crippen LogP contribution >= 0.6 is 11.6 Å². The van der Waals surface area contributed by atoms with E-state index in [4.69, 9.17) is 16.9 Å². The third kappa shape index (κ3) is 4.00. The lowest BCUT2D eigenvalue weighted by Gasteiger charge is -2.27. The number of amides is 2. The summed E-state index contributed by atoms with van der Waals surface area (Å²) >= 11 is 5.88. The van der Waals surface area contributed by atoms with Gasteiger partial charge in [0.25, 0.3) is 0 Å². The molecule has 0 heterocycles. The smallest absolute Gasteiger partial charge is 0.319 e. The number of carbonyl (C=O) groups excluding carboxylic acids is 1. The van der Waals surface area contributed by atoms with Gasteiger partial charge in [-0.05, 0) is 49.7 Å². The van der Waals surface area contributed by atoms with Gasteiger partial charge in [-0.25, -0.2) is 4.79 Å². The minimum absolute atomic E-state index is 0.338. The number of nitrogens with one attached hydrogen (secondary N) is 2. The first-order valence-electron chi connectivity index (χ1n) is 6.76. The van der Waals surface area contributed by atoms with E-state index in [1.807, 2.05) is 32.0 Å². The highest BCUT2D eigenvalue weighted by Crippen LogP contribution is 2.22. The Morgan fingerprint density at radius 3 is 2.50 bits per heavy atom. The Labute approximate surface area is 134 Å². The topological polar surface area (TPSA) is 64.9 Å². The van der Waals surface area contributed by atoms with Crippen molar-refractivity contribution in [1.29, 1.82) is 5.26 Å². The van der Waals surface area contributed by atoms with Crippen LogP contribution in [0.2, 0.25) is 5.02 Å². The molecule has 0 spiro atoms. The van der Waals surface area contributed by atoms with Crippen LogP contribution in [0.5, 0.6) is 0 Å². The summed E-state index contributed by atoms with van der Waals surface area (Å²) in [5.41, 5.74) is 1.46. The van der Waals surface area contributed by atoms with E-state index in [9.17, 15) is 4.79 Å². The molecule has 0 fully saturated rings. The van der Waals surface area contributed by atoms with E-state index < -0.39 is 5.54 Å². The molecule has 0 unspecified atom stereocenters. The Morgan fingerprint density at radius 2 is 1.86 bits per heavy atom. The van der Waals surface area contributed by atoms with Crippen LogP contribution in [0, 0.1) is 11.3 Å². The summed E-state index contributed by atoms with van der Waals surface area (Å²) in [6.07, 6.45) is 0. The second kappa shape index (κ2) is 6.50. The second-order valence-corrected chi connectivity index (χ2v) is 5.84. The molecular formula is C17H16ClN3O. The minimum atomic E-state index is -0.554. The molecule has 0 aromatic heterocycles. The number of nitrogens with zero attached hydrogens (tertiary/aromatic N) is 1. The fourth-order valence-corrected chi connectivity index (χ4v) is 2.18. The molecule has 2 aromatic carbocycles. The second-order valence-electron chi connectivity index (χ2n) is 5.40. The van der Waals surface area contributed by atoms with Crippen molar-refractivity contribution in [3.05, 3.63) is 64.7 Å². The SMILES string of the molecule is CC(C)(NC(=O)Nc1cccc(C#N)c1)c1ccc(Cl)cc1. The van der Waals surface area contributed by atoms with Gasteiger partial charge in [0.05, 0.1) is 17.2 Å². The minimum Gasteiger partial charge on any atom is -0.329 e. The zero-order chi connectivity index (χ0) is 16.2. The van der Waals surface area contributed by atoms with Gasteiger partial charge in [0, 0.05) is 10.7 Å². The van der Waals surface area contributed by atoms with Gasteiger partial charge in [0.15, 0.2) is 0 Å². The number of hydrogen-bond donors (Lipinski definition) is 2. The zero-order valence-corrected chi connectivity index (χ0v) is 13.1. The molecule has 0 aliphatic carbocycles. The van der Waals surface area contributed by atoms with E-state index in [1.54, 1.807) is 36.4 Å². The fourth-order valence-electron chi connectivity index (χ4n) is 2.05. The van der Waals surface area contributed by atoms with Crippen LogP contribution in [-0.2, 0) is 5.54 Å². The average molecular weight is 314 g/mol. The third-order valence-corrected chi connectivity index (χ3v) is 3.49. The first-order valence-corrected chi connectivity index (χ1v) is 7.14. The van der Waals surface area contributed by atoms with Crippen molar-refractivity contribution in [2.75, 3.05) is 5.32 Å². The van der Waals surface area contributed by atoms with Crippen LogP contribution in [0.15, 0.2) is 48.5 Å². The Balaban J connectivity index is 2.07. The number of benzene rings is 2. The van der Waals surface area contributed by atoms with Gasteiger partial charge >= 0.3 is 6.03 Å². The van der Waals surface area contributed by atoms with E-state index in [2.05, 4.69) is 10.6 Å². The predicted octanol–water partition coefficient (Wildman–Crippen LogP) is 4.27. The summed E-state index contributed by atoms with van der Waals surface area (Å²) in [5, 5.41) is 15.1. The highest BCUT2D eigenvalue weighted by Gasteiger charge is 2.22.